The molecule has 0 saturated heterocycles. The molecule has 6 heteroatoms. The number of rotatable bonds is 8. The first-order valence-corrected chi connectivity index (χ1v) is 12.9. The fourth-order valence-electron chi connectivity index (χ4n) is 4.05. The van der Waals surface area contributed by atoms with E-state index in [1.165, 1.54) is 10.9 Å². The molecule has 1 N–H and O–H groups in total. The average Bonchev–Trinajstić information content (AvgIpc) is 2.87. The predicted octanol–water partition coefficient (Wildman–Crippen LogP) is 7.18. The van der Waals surface area contributed by atoms with Crippen LogP contribution < -0.4 is 14.9 Å². The van der Waals surface area contributed by atoms with Crippen LogP contribution in [0.2, 0.25) is 0 Å². The van der Waals surface area contributed by atoms with E-state index in [0.717, 1.165) is 26.5 Å². The number of nitrogens with zero attached hydrogens (tertiary/aromatic N) is 1. The van der Waals surface area contributed by atoms with Crippen LogP contribution in [0.15, 0.2) is 88.4 Å². The van der Waals surface area contributed by atoms with Gasteiger partial charge in [-0.25, -0.2) is 5.43 Å². The van der Waals surface area contributed by atoms with Gasteiger partial charge < -0.3 is 9.47 Å². The molecule has 0 fully saturated rings. The monoisotopic (exact) mass is 558 g/mol. The van der Waals surface area contributed by atoms with Gasteiger partial charge in [0, 0.05) is 0 Å². The van der Waals surface area contributed by atoms with Crippen LogP contribution in [0, 0.1) is 0 Å². The second-order valence-electron chi connectivity index (χ2n) is 9.88. The molecule has 37 heavy (non-hydrogen) atoms. The summed E-state index contributed by atoms with van der Waals surface area (Å²) >= 11 is 3.59. The number of amides is 1. The molecule has 0 heterocycles. The first-order valence-electron chi connectivity index (χ1n) is 12.1. The molecule has 0 spiro atoms. The van der Waals surface area contributed by atoms with Crippen LogP contribution in [-0.4, -0.2) is 19.2 Å². The molecule has 0 radical (unpaired) electrons. The molecule has 0 unspecified atom stereocenters. The highest BCUT2D eigenvalue weighted by Gasteiger charge is 2.14. The zero-order valence-corrected chi connectivity index (χ0v) is 23.1. The molecular formula is C31H31BrN2O3. The Hall–Kier alpha value is -3.64. The van der Waals surface area contributed by atoms with Gasteiger partial charge in [-0.05, 0) is 66.5 Å². The fraction of sp³-hybridized carbons (Fsp3) is 0.226. The number of fused-ring (bicyclic) bond motifs is 1. The summed E-state index contributed by atoms with van der Waals surface area (Å²) in [4.78, 5) is 12.4. The Labute approximate surface area is 226 Å². The molecule has 1 amide bonds. The molecule has 0 aliphatic carbocycles. The maximum atomic E-state index is 12.4. The van der Waals surface area contributed by atoms with Gasteiger partial charge in [0.1, 0.15) is 6.61 Å². The van der Waals surface area contributed by atoms with Crippen LogP contribution in [-0.2, 0) is 23.2 Å². The normalized spacial score (nSPS) is 11.6. The molecule has 5 nitrogen and oxygen atoms in total. The summed E-state index contributed by atoms with van der Waals surface area (Å²) in [6.45, 7) is 6.90. The zero-order chi connectivity index (χ0) is 26.4. The van der Waals surface area contributed by atoms with Crippen molar-refractivity contribution in [2.45, 2.75) is 39.2 Å². The standard InChI is InChI=1S/C31H31BrN2O3/c1-31(2,3)25-14-12-21(13-15-25)18-29(35)34-33-19-22-16-27(32)30(28(17-22)36-4)37-20-24-10-7-9-23-8-5-6-11-26(23)24/h5-17,19H,18,20H2,1-4H3,(H,34,35)/b33-19-. The smallest absolute Gasteiger partial charge is 0.244 e. The largest absolute Gasteiger partial charge is 0.493 e. The Kier molecular flexibility index (Phi) is 8.29. The third-order valence-electron chi connectivity index (χ3n) is 6.09. The van der Waals surface area contributed by atoms with E-state index in [0.29, 0.717) is 18.1 Å². The lowest BCUT2D eigenvalue weighted by Crippen LogP contribution is -2.20. The fourth-order valence-corrected chi connectivity index (χ4v) is 4.62. The van der Waals surface area contributed by atoms with E-state index in [4.69, 9.17) is 9.47 Å². The number of hydrogen-bond donors (Lipinski definition) is 1. The van der Waals surface area contributed by atoms with Crippen LogP contribution in [0.4, 0.5) is 0 Å². The maximum absolute atomic E-state index is 12.4. The first-order chi connectivity index (χ1) is 17.7. The summed E-state index contributed by atoms with van der Waals surface area (Å²) in [6.07, 6.45) is 1.85. The van der Waals surface area contributed by atoms with E-state index in [-0.39, 0.29) is 17.7 Å². The van der Waals surface area contributed by atoms with Gasteiger partial charge >= 0.3 is 0 Å². The predicted molar refractivity (Wildman–Crippen MR) is 154 cm³/mol. The van der Waals surface area contributed by atoms with E-state index >= 15 is 0 Å². The summed E-state index contributed by atoms with van der Waals surface area (Å²) in [5.41, 5.74) is 6.71. The van der Waals surface area contributed by atoms with Crippen molar-refractivity contribution in [2.24, 2.45) is 5.10 Å². The van der Waals surface area contributed by atoms with E-state index in [2.05, 4.69) is 83.6 Å². The number of hydrazone groups is 1. The average molecular weight is 560 g/mol. The van der Waals surface area contributed by atoms with Gasteiger partial charge in [-0.15, -0.1) is 0 Å². The molecule has 0 bridgehead atoms. The van der Waals surface area contributed by atoms with Crippen LogP contribution in [0.1, 0.15) is 43.0 Å². The van der Waals surface area contributed by atoms with Gasteiger partial charge in [0.05, 0.1) is 24.2 Å². The van der Waals surface area contributed by atoms with Crippen molar-refractivity contribution in [3.63, 3.8) is 0 Å². The molecule has 4 aromatic carbocycles. The van der Waals surface area contributed by atoms with E-state index in [9.17, 15) is 4.79 Å². The lowest BCUT2D eigenvalue weighted by molar-refractivity contribution is -0.120. The Bertz CT molecular complexity index is 1420. The topological polar surface area (TPSA) is 59.9 Å². The number of benzene rings is 4. The first kappa shape index (κ1) is 26.4. The molecule has 4 rings (SSSR count). The lowest BCUT2D eigenvalue weighted by Gasteiger charge is -2.19. The van der Waals surface area contributed by atoms with E-state index in [1.807, 2.05) is 42.5 Å². The summed E-state index contributed by atoms with van der Waals surface area (Å²) < 4.78 is 12.5. The number of halogens is 1. The van der Waals surface area contributed by atoms with Crippen molar-refractivity contribution in [1.29, 1.82) is 0 Å². The van der Waals surface area contributed by atoms with Gasteiger partial charge in [-0.2, -0.15) is 5.10 Å². The second-order valence-corrected chi connectivity index (χ2v) is 10.7. The van der Waals surface area contributed by atoms with Crippen molar-refractivity contribution < 1.29 is 14.3 Å². The number of ether oxygens (including phenoxy) is 2. The lowest BCUT2D eigenvalue weighted by atomic mass is 9.86. The highest BCUT2D eigenvalue weighted by Crippen LogP contribution is 2.37. The van der Waals surface area contributed by atoms with Crippen molar-refractivity contribution in [3.8, 4) is 11.5 Å². The second kappa shape index (κ2) is 11.6. The van der Waals surface area contributed by atoms with E-state index < -0.39 is 0 Å². The van der Waals surface area contributed by atoms with Crippen molar-refractivity contribution in [1.82, 2.24) is 5.43 Å². The van der Waals surface area contributed by atoms with Crippen molar-refractivity contribution in [3.05, 3.63) is 106 Å². The minimum atomic E-state index is -0.180. The van der Waals surface area contributed by atoms with E-state index in [1.54, 1.807) is 13.3 Å². The van der Waals surface area contributed by atoms with Crippen LogP contribution in [0.3, 0.4) is 0 Å². The molecule has 190 valence electrons. The van der Waals surface area contributed by atoms with Crippen LogP contribution in [0.25, 0.3) is 10.8 Å². The SMILES string of the molecule is COc1cc(/C=N\NC(=O)Cc2ccc(C(C)(C)C)cc2)cc(Br)c1OCc1cccc2ccccc12. The zero-order valence-electron chi connectivity index (χ0n) is 21.5. The summed E-state index contributed by atoms with van der Waals surface area (Å²) in [7, 11) is 1.60. The van der Waals surface area contributed by atoms with Crippen molar-refractivity contribution >= 4 is 38.8 Å². The maximum Gasteiger partial charge on any atom is 0.244 e. The minimum Gasteiger partial charge on any atom is -0.493 e. The number of carbonyl (C=O) groups excluding carboxylic acids is 1. The number of nitrogens with one attached hydrogen (secondary N) is 1. The van der Waals surface area contributed by atoms with Crippen molar-refractivity contribution in [2.75, 3.05) is 7.11 Å². The number of carbonyl (C=O) groups is 1. The molecular weight excluding hydrogens is 528 g/mol. The number of hydrogen-bond acceptors (Lipinski definition) is 4. The molecule has 4 aromatic rings. The molecule has 0 atom stereocenters. The summed E-state index contributed by atoms with van der Waals surface area (Å²) in [5, 5.41) is 6.46. The number of methoxy groups -OCH3 is 1. The molecule has 0 aliphatic rings. The van der Waals surface area contributed by atoms with Gasteiger partial charge in [-0.1, -0.05) is 87.5 Å². The van der Waals surface area contributed by atoms with Crippen LogP contribution in [0.5, 0.6) is 11.5 Å². The Balaban J connectivity index is 1.39. The Morgan fingerprint density at radius 2 is 1.73 bits per heavy atom. The van der Waals surface area contributed by atoms with Gasteiger partial charge in [0.2, 0.25) is 5.91 Å². The highest BCUT2D eigenvalue weighted by molar-refractivity contribution is 9.10. The van der Waals surface area contributed by atoms with Gasteiger partial charge in [-0.3, -0.25) is 4.79 Å². The molecule has 0 aromatic heterocycles. The molecule has 0 saturated carbocycles. The third-order valence-corrected chi connectivity index (χ3v) is 6.68. The minimum absolute atomic E-state index is 0.0803. The quantitative estimate of drug-likeness (QED) is 0.184. The van der Waals surface area contributed by atoms with Gasteiger partial charge in [0.15, 0.2) is 11.5 Å². The van der Waals surface area contributed by atoms with Crippen LogP contribution >= 0.6 is 15.9 Å². The van der Waals surface area contributed by atoms with Gasteiger partial charge in [0.25, 0.3) is 0 Å². The third kappa shape index (κ3) is 6.77. The Morgan fingerprint density at radius 3 is 2.46 bits per heavy atom. The molecule has 0 aliphatic heterocycles. The highest BCUT2D eigenvalue weighted by atomic mass is 79.9. The Morgan fingerprint density at radius 1 is 1.00 bits per heavy atom. The summed E-state index contributed by atoms with van der Waals surface area (Å²) in [6, 6.07) is 26.2. The summed E-state index contributed by atoms with van der Waals surface area (Å²) in [5.74, 6) is 0.998.